The Balaban J connectivity index is 2.31. The first kappa shape index (κ1) is 10.3. The summed E-state index contributed by atoms with van der Waals surface area (Å²) in [5.74, 6) is 0.647. The molecule has 4 N–H and O–H groups in total. The molecular weight excluding hydrogens is 226 g/mol. The van der Waals surface area contributed by atoms with Crippen LogP contribution in [-0.4, -0.2) is 10.2 Å². The molecule has 0 unspecified atom stereocenters. The smallest absolute Gasteiger partial charge is 0.270 e. The second-order valence-electron chi connectivity index (χ2n) is 3.08. The van der Waals surface area contributed by atoms with Gasteiger partial charge in [-0.1, -0.05) is 17.7 Å². The molecule has 0 fully saturated rings. The van der Waals surface area contributed by atoms with Crippen LogP contribution in [0.3, 0.4) is 0 Å². The van der Waals surface area contributed by atoms with E-state index in [1.165, 1.54) is 0 Å². The molecule has 80 valence electrons. The van der Waals surface area contributed by atoms with Crippen LogP contribution in [0, 0.1) is 6.57 Å². The van der Waals surface area contributed by atoms with E-state index in [0.717, 1.165) is 5.69 Å². The van der Waals surface area contributed by atoms with Gasteiger partial charge in [-0.3, -0.25) is 5.10 Å². The normalized spacial score (nSPS) is 9.75. The molecule has 0 aliphatic heterocycles. The van der Waals surface area contributed by atoms with Crippen molar-refractivity contribution in [1.29, 1.82) is 0 Å². The summed E-state index contributed by atoms with van der Waals surface area (Å²) in [5, 5.41) is 10.0. The molecule has 6 heteroatoms. The molecule has 16 heavy (non-hydrogen) atoms. The van der Waals surface area contributed by atoms with Gasteiger partial charge < -0.3 is 11.1 Å². The average molecular weight is 234 g/mol. The predicted octanol–water partition coefficient (Wildman–Crippen LogP) is 2.94. The van der Waals surface area contributed by atoms with Crippen molar-refractivity contribution in [2.45, 2.75) is 0 Å². The Morgan fingerprint density at radius 2 is 2.31 bits per heavy atom. The third-order valence-corrected chi connectivity index (χ3v) is 2.20. The summed E-state index contributed by atoms with van der Waals surface area (Å²) >= 11 is 5.84. The van der Waals surface area contributed by atoms with E-state index in [1.54, 1.807) is 18.2 Å². The lowest BCUT2D eigenvalue weighted by Gasteiger charge is -2.03. The highest BCUT2D eigenvalue weighted by molar-refractivity contribution is 6.30. The third kappa shape index (κ3) is 1.92. The zero-order valence-corrected chi connectivity index (χ0v) is 8.92. The molecule has 1 heterocycles. The zero-order valence-electron chi connectivity index (χ0n) is 8.16. The highest BCUT2D eigenvalue weighted by Gasteiger charge is 2.10. The molecule has 0 saturated heterocycles. The Hall–Kier alpha value is -2.19. The monoisotopic (exact) mass is 233 g/mol. The lowest BCUT2D eigenvalue weighted by Crippen LogP contribution is -1.90. The number of rotatable bonds is 2. The van der Waals surface area contributed by atoms with Crippen LogP contribution in [-0.2, 0) is 0 Å². The summed E-state index contributed by atoms with van der Waals surface area (Å²) in [6.07, 6.45) is 0. The second-order valence-corrected chi connectivity index (χ2v) is 3.52. The largest absolute Gasteiger partial charge is 0.393 e. The van der Waals surface area contributed by atoms with E-state index in [0.29, 0.717) is 10.8 Å². The van der Waals surface area contributed by atoms with E-state index in [-0.39, 0.29) is 11.5 Å². The van der Waals surface area contributed by atoms with Crippen molar-refractivity contribution in [3.05, 3.63) is 40.7 Å². The van der Waals surface area contributed by atoms with E-state index in [9.17, 15) is 0 Å². The highest BCUT2D eigenvalue weighted by Crippen LogP contribution is 2.31. The number of H-pyrrole nitrogens is 1. The summed E-state index contributed by atoms with van der Waals surface area (Å²) in [7, 11) is 0. The van der Waals surface area contributed by atoms with Crippen LogP contribution in [0.25, 0.3) is 4.85 Å². The van der Waals surface area contributed by atoms with Crippen LogP contribution in [0.15, 0.2) is 24.3 Å². The second kappa shape index (κ2) is 4.13. The van der Waals surface area contributed by atoms with Crippen molar-refractivity contribution in [2.24, 2.45) is 0 Å². The van der Waals surface area contributed by atoms with Gasteiger partial charge >= 0.3 is 0 Å². The molecule has 0 radical (unpaired) electrons. The summed E-state index contributed by atoms with van der Waals surface area (Å²) < 4.78 is 0. The molecule has 0 atom stereocenters. The van der Waals surface area contributed by atoms with Gasteiger partial charge in [0.1, 0.15) is 5.82 Å². The van der Waals surface area contributed by atoms with Crippen LogP contribution < -0.4 is 11.1 Å². The van der Waals surface area contributed by atoms with Crippen molar-refractivity contribution in [1.82, 2.24) is 10.2 Å². The lowest BCUT2D eigenvalue weighted by molar-refractivity contribution is 1.10. The van der Waals surface area contributed by atoms with Gasteiger partial charge in [0.2, 0.25) is 0 Å². The van der Waals surface area contributed by atoms with Crippen LogP contribution >= 0.6 is 11.6 Å². The predicted molar refractivity (Wildman–Crippen MR) is 64.0 cm³/mol. The van der Waals surface area contributed by atoms with E-state index in [4.69, 9.17) is 23.9 Å². The molecule has 2 aromatic rings. The number of aromatic amines is 1. The SMILES string of the molecule is [C-]#[N+]c1c(Nc2cccc(Cl)c2)n[nH]c1N. The number of hydrogen-bond acceptors (Lipinski definition) is 3. The quantitative estimate of drug-likeness (QED) is 0.699. The van der Waals surface area contributed by atoms with E-state index < -0.39 is 0 Å². The molecule has 0 aliphatic carbocycles. The number of nitrogens with zero attached hydrogens (tertiary/aromatic N) is 2. The Labute approximate surface area is 97.0 Å². The van der Waals surface area contributed by atoms with Gasteiger partial charge in [0.15, 0.2) is 5.82 Å². The Morgan fingerprint density at radius 1 is 1.50 bits per heavy atom. The Morgan fingerprint density at radius 3 is 3.00 bits per heavy atom. The Bertz CT molecular complexity index is 555. The number of aromatic nitrogens is 2. The number of hydrogen-bond donors (Lipinski definition) is 3. The van der Waals surface area contributed by atoms with E-state index in [2.05, 4.69) is 20.4 Å². The van der Waals surface area contributed by atoms with E-state index >= 15 is 0 Å². The van der Waals surface area contributed by atoms with Gasteiger partial charge in [0, 0.05) is 10.7 Å². The van der Waals surface area contributed by atoms with Crippen molar-refractivity contribution in [2.75, 3.05) is 11.1 Å². The van der Waals surface area contributed by atoms with Crippen molar-refractivity contribution >= 4 is 34.6 Å². The number of benzene rings is 1. The summed E-state index contributed by atoms with van der Waals surface area (Å²) in [6, 6.07) is 7.13. The van der Waals surface area contributed by atoms with Crippen molar-refractivity contribution in [3.63, 3.8) is 0 Å². The lowest BCUT2D eigenvalue weighted by atomic mass is 10.3. The topological polar surface area (TPSA) is 71.1 Å². The fourth-order valence-corrected chi connectivity index (χ4v) is 1.44. The molecule has 0 spiro atoms. The first-order chi connectivity index (χ1) is 7.70. The molecule has 0 bridgehead atoms. The van der Waals surface area contributed by atoms with Crippen LogP contribution in [0.1, 0.15) is 0 Å². The van der Waals surface area contributed by atoms with Gasteiger partial charge in [-0.15, -0.1) is 0 Å². The van der Waals surface area contributed by atoms with Gasteiger partial charge in [-0.05, 0) is 18.2 Å². The zero-order chi connectivity index (χ0) is 11.5. The number of nitrogen functional groups attached to an aromatic ring is 1. The number of nitrogens with one attached hydrogen (secondary N) is 2. The molecule has 0 saturated carbocycles. The van der Waals surface area contributed by atoms with Crippen LogP contribution in [0.5, 0.6) is 0 Å². The molecular formula is C10H8ClN5. The van der Waals surface area contributed by atoms with Crippen molar-refractivity contribution in [3.8, 4) is 0 Å². The minimum atomic E-state index is 0.250. The van der Waals surface area contributed by atoms with Crippen molar-refractivity contribution < 1.29 is 0 Å². The number of nitrogens with two attached hydrogens (primary N) is 1. The van der Waals surface area contributed by atoms with Gasteiger partial charge in [-0.2, -0.15) is 5.10 Å². The summed E-state index contributed by atoms with van der Waals surface area (Å²) in [6.45, 7) is 6.97. The Kier molecular flexibility index (Phi) is 2.66. The van der Waals surface area contributed by atoms with Gasteiger partial charge in [-0.25, -0.2) is 4.85 Å². The molecule has 1 aromatic heterocycles. The minimum absolute atomic E-state index is 0.250. The summed E-state index contributed by atoms with van der Waals surface area (Å²) in [5.41, 5.74) is 6.57. The fourth-order valence-electron chi connectivity index (χ4n) is 1.25. The average Bonchev–Trinajstić information content (AvgIpc) is 2.59. The molecule has 1 aromatic carbocycles. The first-order valence-corrected chi connectivity index (χ1v) is 4.82. The maximum atomic E-state index is 6.97. The van der Waals surface area contributed by atoms with Crippen LogP contribution in [0.2, 0.25) is 5.02 Å². The maximum absolute atomic E-state index is 6.97. The third-order valence-electron chi connectivity index (χ3n) is 1.97. The molecule has 5 nitrogen and oxygen atoms in total. The van der Waals surface area contributed by atoms with E-state index in [1.807, 2.05) is 6.07 Å². The summed E-state index contributed by atoms with van der Waals surface area (Å²) in [4.78, 5) is 3.28. The number of halogens is 1. The first-order valence-electron chi connectivity index (χ1n) is 4.44. The van der Waals surface area contributed by atoms with Gasteiger partial charge in [0.25, 0.3) is 5.69 Å². The number of anilines is 3. The fraction of sp³-hybridized carbons (Fsp3) is 0. The molecule has 2 rings (SSSR count). The standard InChI is InChI=1S/C10H8ClN5/c1-13-8-9(12)15-16-10(8)14-7-4-2-3-6(11)5-7/h2-5H,(H4,12,14,15,16). The minimum Gasteiger partial charge on any atom is -0.393 e. The maximum Gasteiger partial charge on any atom is 0.270 e. The van der Waals surface area contributed by atoms with Crippen LogP contribution in [0.4, 0.5) is 23.0 Å². The van der Waals surface area contributed by atoms with Gasteiger partial charge in [0.05, 0.1) is 6.57 Å². The molecule has 0 amide bonds. The highest BCUT2D eigenvalue weighted by atomic mass is 35.5. The molecule has 0 aliphatic rings.